The van der Waals surface area contributed by atoms with Crippen molar-refractivity contribution in [3.8, 4) is 5.75 Å². The summed E-state index contributed by atoms with van der Waals surface area (Å²) < 4.78 is 10.8. The highest BCUT2D eigenvalue weighted by atomic mass is 16.6. The number of anilines is 1. The number of fused-ring (bicyclic) bond motifs is 1. The summed E-state index contributed by atoms with van der Waals surface area (Å²) >= 11 is 0. The minimum Gasteiger partial charge on any atom is -0.482 e. The Morgan fingerprint density at radius 1 is 1.17 bits per heavy atom. The predicted molar refractivity (Wildman–Crippen MR) is 113 cm³/mol. The summed E-state index contributed by atoms with van der Waals surface area (Å²) in [7, 11) is 0. The summed E-state index contributed by atoms with van der Waals surface area (Å²) in [6.45, 7) is 5.76. The Hall–Kier alpha value is -2.77. The molecule has 2 aliphatic rings. The van der Waals surface area contributed by atoms with Crippen molar-refractivity contribution in [2.75, 3.05) is 18.5 Å². The van der Waals surface area contributed by atoms with E-state index < -0.39 is 17.2 Å². The number of hydrogen-bond acceptors (Lipinski definition) is 5. The van der Waals surface area contributed by atoms with Gasteiger partial charge in [0.1, 0.15) is 11.4 Å². The second-order valence-electron chi connectivity index (χ2n) is 9.05. The Morgan fingerprint density at radius 2 is 1.87 bits per heavy atom. The summed E-state index contributed by atoms with van der Waals surface area (Å²) in [5.74, 6) is 0.0178. The average Bonchev–Trinajstić information content (AvgIpc) is 2.89. The molecule has 1 heterocycles. The molecule has 8 heteroatoms. The van der Waals surface area contributed by atoms with Crippen molar-refractivity contribution in [3.05, 3.63) is 23.8 Å². The van der Waals surface area contributed by atoms with E-state index in [4.69, 9.17) is 9.47 Å². The van der Waals surface area contributed by atoms with Gasteiger partial charge in [0.15, 0.2) is 6.61 Å². The van der Waals surface area contributed by atoms with Gasteiger partial charge >= 0.3 is 6.09 Å². The molecule has 0 unspecified atom stereocenters. The summed E-state index contributed by atoms with van der Waals surface area (Å²) in [4.78, 5) is 36.8. The zero-order valence-electron chi connectivity index (χ0n) is 17.9. The van der Waals surface area contributed by atoms with Crippen LogP contribution in [0.1, 0.15) is 69.7 Å². The van der Waals surface area contributed by atoms with Crippen molar-refractivity contribution in [2.45, 2.75) is 70.4 Å². The molecule has 1 saturated carbocycles. The molecule has 0 atom stereocenters. The lowest BCUT2D eigenvalue weighted by Gasteiger charge is -2.35. The number of rotatable bonds is 4. The number of amides is 3. The maximum atomic E-state index is 12.8. The molecular formula is C22H31N3O5. The van der Waals surface area contributed by atoms with Crippen molar-refractivity contribution >= 4 is 23.6 Å². The fourth-order valence-corrected chi connectivity index (χ4v) is 3.85. The van der Waals surface area contributed by atoms with Crippen LogP contribution in [0.2, 0.25) is 0 Å². The van der Waals surface area contributed by atoms with Gasteiger partial charge in [-0.2, -0.15) is 0 Å². The van der Waals surface area contributed by atoms with Gasteiger partial charge in [0.25, 0.3) is 11.8 Å². The summed E-state index contributed by atoms with van der Waals surface area (Å²) in [6, 6.07) is 4.93. The Labute approximate surface area is 177 Å². The normalized spacial score (nSPS) is 18.2. The Morgan fingerprint density at radius 3 is 2.53 bits per heavy atom. The third-order valence-electron chi connectivity index (χ3n) is 5.29. The van der Waals surface area contributed by atoms with E-state index in [1.54, 1.807) is 18.2 Å². The topological polar surface area (TPSA) is 106 Å². The maximum absolute atomic E-state index is 12.8. The van der Waals surface area contributed by atoms with Gasteiger partial charge in [0.2, 0.25) is 0 Å². The highest BCUT2D eigenvalue weighted by Crippen LogP contribution is 2.29. The molecule has 0 saturated heterocycles. The van der Waals surface area contributed by atoms with Gasteiger partial charge in [-0.1, -0.05) is 25.7 Å². The molecule has 3 N–H and O–H groups in total. The van der Waals surface area contributed by atoms with E-state index >= 15 is 0 Å². The van der Waals surface area contributed by atoms with E-state index in [0.717, 1.165) is 38.5 Å². The molecule has 1 aliphatic heterocycles. The van der Waals surface area contributed by atoms with Crippen LogP contribution in [-0.2, 0) is 9.53 Å². The van der Waals surface area contributed by atoms with Crippen LogP contribution in [-0.4, -0.2) is 42.2 Å². The summed E-state index contributed by atoms with van der Waals surface area (Å²) in [5, 5.41) is 8.71. The quantitative estimate of drug-likeness (QED) is 0.652. The zero-order chi connectivity index (χ0) is 21.8. The lowest BCUT2D eigenvalue weighted by atomic mass is 9.90. The predicted octanol–water partition coefficient (Wildman–Crippen LogP) is 3.37. The Kier molecular flexibility index (Phi) is 6.53. The van der Waals surface area contributed by atoms with E-state index in [0.29, 0.717) is 23.5 Å². The lowest BCUT2D eigenvalue weighted by molar-refractivity contribution is -0.118. The van der Waals surface area contributed by atoms with E-state index in [2.05, 4.69) is 16.0 Å². The molecule has 1 aliphatic carbocycles. The standard InChI is InChI=1S/C22H31N3O5/c1-21(2,3)30-20(28)25-22(10-6-4-5-7-11-22)14-23-19(27)15-8-9-17-16(12-15)24-18(26)13-29-17/h8-9,12H,4-7,10-11,13-14H2,1-3H3,(H,23,27)(H,24,26)(H,25,28). The molecule has 30 heavy (non-hydrogen) atoms. The van der Waals surface area contributed by atoms with Crippen LogP contribution in [0.4, 0.5) is 10.5 Å². The second-order valence-corrected chi connectivity index (χ2v) is 9.05. The van der Waals surface area contributed by atoms with Crippen LogP contribution in [0.3, 0.4) is 0 Å². The fraction of sp³-hybridized carbons (Fsp3) is 0.591. The highest BCUT2D eigenvalue weighted by Gasteiger charge is 2.34. The molecule has 1 aromatic rings. The fourth-order valence-electron chi connectivity index (χ4n) is 3.85. The first-order valence-electron chi connectivity index (χ1n) is 10.5. The van der Waals surface area contributed by atoms with Crippen LogP contribution >= 0.6 is 0 Å². The SMILES string of the molecule is CC(C)(C)OC(=O)NC1(CNC(=O)c2ccc3c(c2)NC(=O)CO3)CCCCCC1. The van der Waals surface area contributed by atoms with Crippen molar-refractivity contribution < 1.29 is 23.9 Å². The molecule has 0 bridgehead atoms. The second kappa shape index (κ2) is 8.93. The number of nitrogens with one attached hydrogen (secondary N) is 3. The van der Waals surface area contributed by atoms with Gasteiger partial charge < -0.3 is 25.4 Å². The molecule has 8 nitrogen and oxygen atoms in total. The first-order chi connectivity index (χ1) is 14.2. The number of benzene rings is 1. The molecule has 0 radical (unpaired) electrons. The average molecular weight is 418 g/mol. The van der Waals surface area contributed by atoms with Crippen LogP contribution in [0.15, 0.2) is 18.2 Å². The van der Waals surface area contributed by atoms with Gasteiger partial charge in [0, 0.05) is 12.1 Å². The molecule has 1 fully saturated rings. The van der Waals surface area contributed by atoms with Crippen LogP contribution in [0.25, 0.3) is 0 Å². The first-order valence-corrected chi connectivity index (χ1v) is 10.5. The van der Waals surface area contributed by atoms with E-state index in [1.807, 2.05) is 20.8 Å². The molecule has 0 spiro atoms. The minimum atomic E-state index is -0.588. The number of alkyl carbamates (subject to hydrolysis) is 1. The summed E-state index contributed by atoms with van der Waals surface area (Å²) in [5.41, 5.74) is -0.231. The molecule has 1 aromatic carbocycles. The molecule has 3 rings (SSSR count). The minimum absolute atomic E-state index is 0.0304. The number of carbonyl (C=O) groups is 3. The van der Waals surface area contributed by atoms with Gasteiger partial charge in [-0.15, -0.1) is 0 Å². The van der Waals surface area contributed by atoms with Crippen molar-refractivity contribution in [1.82, 2.24) is 10.6 Å². The van der Waals surface area contributed by atoms with Gasteiger partial charge in [-0.25, -0.2) is 4.79 Å². The van der Waals surface area contributed by atoms with Crippen molar-refractivity contribution in [1.29, 1.82) is 0 Å². The van der Waals surface area contributed by atoms with Crippen LogP contribution in [0.5, 0.6) is 5.75 Å². The van der Waals surface area contributed by atoms with Gasteiger partial charge in [-0.3, -0.25) is 9.59 Å². The Bertz CT molecular complexity index is 807. The van der Waals surface area contributed by atoms with Crippen molar-refractivity contribution in [2.24, 2.45) is 0 Å². The summed E-state index contributed by atoms with van der Waals surface area (Å²) in [6.07, 6.45) is 5.27. The number of carbonyl (C=O) groups excluding carboxylic acids is 3. The lowest BCUT2D eigenvalue weighted by Crippen LogP contribution is -2.56. The monoisotopic (exact) mass is 417 g/mol. The molecular weight excluding hydrogens is 386 g/mol. The Balaban J connectivity index is 1.69. The number of hydrogen-bond donors (Lipinski definition) is 3. The van der Waals surface area contributed by atoms with Gasteiger partial charge in [0.05, 0.1) is 11.2 Å². The highest BCUT2D eigenvalue weighted by molar-refractivity contribution is 5.99. The smallest absolute Gasteiger partial charge is 0.408 e. The van der Waals surface area contributed by atoms with E-state index in [-0.39, 0.29) is 18.4 Å². The van der Waals surface area contributed by atoms with Crippen molar-refractivity contribution in [3.63, 3.8) is 0 Å². The molecule has 164 valence electrons. The van der Waals surface area contributed by atoms with Crippen LogP contribution < -0.4 is 20.7 Å². The first kappa shape index (κ1) is 21.9. The van der Waals surface area contributed by atoms with E-state index in [1.165, 1.54) is 0 Å². The number of ether oxygens (including phenoxy) is 2. The van der Waals surface area contributed by atoms with Gasteiger partial charge in [-0.05, 0) is 51.8 Å². The van der Waals surface area contributed by atoms with Crippen LogP contribution in [0, 0.1) is 0 Å². The third kappa shape index (κ3) is 5.87. The third-order valence-corrected chi connectivity index (χ3v) is 5.29. The maximum Gasteiger partial charge on any atom is 0.408 e. The molecule has 3 amide bonds. The van der Waals surface area contributed by atoms with E-state index in [9.17, 15) is 14.4 Å². The largest absolute Gasteiger partial charge is 0.482 e. The zero-order valence-corrected chi connectivity index (χ0v) is 17.9. The molecule has 0 aromatic heterocycles.